The van der Waals surface area contributed by atoms with E-state index in [1.165, 1.54) is 38.0 Å². The van der Waals surface area contributed by atoms with Crippen molar-refractivity contribution in [3.63, 3.8) is 0 Å². The molecule has 1 saturated carbocycles. The molecule has 2 aliphatic rings. The van der Waals surface area contributed by atoms with E-state index in [1.807, 2.05) is 0 Å². The van der Waals surface area contributed by atoms with Crippen LogP contribution in [-0.2, 0) is 6.42 Å². The Morgan fingerprint density at radius 1 is 1.28 bits per heavy atom. The molecular weight excluding hydrogens is 222 g/mol. The summed E-state index contributed by atoms with van der Waals surface area (Å²) >= 11 is 0. The molecule has 98 valence electrons. The topological polar surface area (TPSA) is 29.0 Å². The largest absolute Gasteiger partial charge is 0.306 e. The zero-order chi connectivity index (χ0) is 12.5. The maximum atomic E-state index is 4.44. The SMILES string of the molecule is Cc1cc(C[C@H]2CCC[C@@H]3CN(C)C[C@H]23)ncn1. The Morgan fingerprint density at radius 3 is 3.00 bits per heavy atom. The van der Waals surface area contributed by atoms with E-state index in [2.05, 4.69) is 34.9 Å². The van der Waals surface area contributed by atoms with Gasteiger partial charge in [0.05, 0.1) is 0 Å². The van der Waals surface area contributed by atoms with E-state index in [9.17, 15) is 0 Å². The van der Waals surface area contributed by atoms with Gasteiger partial charge in [-0.25, -0.2) is 9.97 Å². The highest BCUT2D eigenvalue weighted by atomic mass is 15.1. The van der Waals surface area contributed by atoms with Gasteiger partial charge >= 0.3 is 0 Å². The molecule has 1 aliphatic heterocycles. The molecule has 2 fully saturated rings. The van der Waals surface area contributed by atoms with E-state index < -0.39 is 0 Å². The van der Waals surface area contributed by atoms with Crippen LogP contribution >= 0.6 is 0 Å². The highest BCUT2D eigenvalue weighted by molar-refractivity contribution is 5.08. The zero-order valence-corrected chi connectivity index (χ0v) is 11.5. The lowest BCUT2D eigenvalue weighted by Gasteiger charge is -2.33. The number of nitrogens with zero attached hydrogens (tertiary/aromatic N) is 3. The summed E-state index contributed by atoms with van der Waals surface area (Å²) in [6.07, 6.45) is 7.10. The van der Waals surface area contributed by atoms with E-state index in [0.29, 0.717) is 0 Å². The van der Waals surface area contributed by atoms with Crippen LogP contribution < -0.4 is 0 Å². The van der Waals surface area contributed by atoms with Gasteiger partial charge in [0, 0.05) is 24.5 Å². The quantitative estimate of drug-likeness (QED) is 0.800. The van der Waals surface area contributed by atoms with Gasteiger partial charge in [0.1, 0.15) is 6.33 Å². The minimum atomic E-state index is 0.836. The molecule has 3 nitrogen and oxygen atoms in total. The van der Waals surface area contributed by atoms with E-state index in [4.69, 9.17) is 0 Å². The molecule has 1 saturated heterocycles. The number of hydrogen-bond acceptors (Lipinski definition) is 3. The van der Waals surface area contributed by atoms with Crippen molar-refractivity contribution < 1.29 is 0 Å². The number of fused-ring (bicyclic) bond motifs is 1. The second kappa shape index (κ2) is 4.96. The van der Waals surface area contributed by atoms with Crippen LogP contribution in [0.1, 0.15) is 30.7 Å². The average Bonchev–Trinajstić information content (AvgIpc) is 2.71. The molecule has 3 heteroatoms. The summed E-state index contributed by atoms with van der Waals surface area (Å²) < 4.78 is 0. The van der Waals surface area contributed by atoms with Crippen molar-refractivity contribution in [1.82, 2.24) is 14.9 Å². The number of aromatic nitrogens is 2. The van der Waals surface area contributed by atoms with Crippen molar-refractivity contribution in [2.75, 3.05) is 20.1 Å². The molecule has 0 unspecified atom stereocenters. The Balaban J connectivity index is 1.72. The van der Waals surface area contributed by atoms with E-state index in [-0.39, 0.29) is 0 Å². The number of hydrogen-bond donors (Lipinski definition) is 0. The van der Waals surface area contributed by atoms with Crippen molar-refractivity contribution in [1.29, 1.82) is 0 Å². The Kier molecular flexibility index (Phi) is 3.33. The molecule has 0 aromatic carbocycles. The summed E-state index contributed by atoms with van der Waals surface area (Å²) in [5.41, 5.74) is 2.33. The molecule has 3 atom stereocenters. The monoisotopic (exact) mass is 245 g/mol. The first kappa shape index (κ1) is 12.1. The third kappa shape index (κ3) is 2.41. The van der Waals surface area contributed by atoms with Crippen LogP contribution in [0.5, 0.6) is 0 Å². The Morgan fingerprint density at radius 2 is 2.17 bits per heavy atom. The van der Waals surface area contributed by atoms with Gasteiger partial charge < -0.3 is 4.90 Å². The van der Waals surface area contributed by atoms with Gasteiger partial charge in [-0.05, 0) is 57.1 Å². The van der Waals surface area contributed by atoms with Crippen LogP contribution in [0.15, 0.2) is 12.4 Å². The van der Waals surface area contributed by atoms with Crippen molar-refractivity contribution in [2.45, 2.75) is 32.6 Å². The summed E-state index contributed by atoms with van der Waals surface area (Å²) in [6, 6.07) is 2.16. The van der Waals surface area contributed by atoms with E-state index in [0.717, 1.165) is 29.9 Å². The fraction of sp³-hybridized carbons (Fsp3) is 0.733. The molecule has 18 heavy (non-hydrogen) atoms. The number of likely N-dealkylation sites (tertiary alicyclic amines) is 1. The Labute approximate surface area is 110 Å². The Hall–Kier alpha value is -0.960. The molecule has 0 spiro atoms. The average molecular weight is 245 g/mol. The van der Waals surface area contributed by atoms with Gasteiger partial charge in [-0.15, -0.1) is 0 Å². The lowest BCUT2D eigenvalue weighted by molar-refractivity contribution is 0.196. The van der Waals surface area contributed by atoms with Crippen molar-refractivity contribution >= 4 is 0 Å². The number of rotatable bonds is 2. The fourth-order valence-electron chi connectivity index (χ4n) is 3.96. The third-order valence-corrected chi connectivity index (χ3v) is 4.76. The summed E-state index contributed by atoms with van der Waals surface area (Å²) in [5.74, 6) is 2.68. The Bertz CT molecular complexity index is 418. The van der Waals surface area contributed by atoms with Crippen molar-refractivity contribution in [3.05, 3.63) is 23.8 Å². The smallest absolute Gasteiger partial charge is 0.115 e. The summed E-state index contributed by atoms with van der Waals surface area (Å²) in [4.78, 5) is 11.1. The molecular formula is C15H23N3. The minimum Gasteiger partial charge on any atom is -0.306 e. The third-order valence-electron chi connectivity index (χ3n) is 4.76. The first-order chi connectivity index (χ1) is 8.72. The van der Waals surface area contributed by atoms with Crippen LogP contribution in [0, 0.1) is 24.7 Å². The predicted molar refractivity (Wildman–Crippen MR) is 72.3 cm³/mol. The molecule has 1 aromatic heterocycles. The molecule has 1 aromatic rings. The van der Waals surface area contributed by atoms with Gasteiger partial charge in [-0.3, -0.25) is 0 Å². The standard InChI is InChI=1S/C15H23N3/c1-11-6-14(17-10-16-11)7-12-4-3-5-13-8-18(2)9-15(12)13/h6,10,12-13,15H,3-5,7-9H2,1-2H3/t12-,13-,15-/m1/s1. The lowest BCUT2D eigenvalue weighted by Crippen LogP contribution is -2.29. The summed E-state index contributed by atoms with van der Waals surface area (Å²) in [7, 11) is 2.27. The highest BCUT2D eigenvalue weighted by Crippen LogP contribution is 2.40. The molecule has 1 aliphatic carbocycles. The first-order valence-corrected chi connectivity index (χ1v) is 7.18. The molecule has 0 bridgehead atoms. The maximum Gasteiger partial charge on any atom is 0.115 e. The van der Waals surface area contributed by atoms with E-state index in [1.54, 1.807) is 6.33 Å². The second-order valence-electron chi connectivity index (χ2n) is 6.19. The van der Waals surface area contributed by atoms with Gasteiger partial charge in [0.25, 0.3) is 0 Å². The normalized spacial score (nSPS) is 32.4. The summed E-state index contributed by atoms with van der Waals surface area (Å²) in [6.45, 7) is 4.65. The van der Waals surface area contributed by atoms with Crippen LogP contribution in [0.3, 0.4) is 0 Å². The maximum absolute atomic E-state index is 4.44. The number of aryl methyl sites for hydroxylation is 1. The van der Waals surface area contributed by atoms with Crippen LogP contribution in [-0.4, -0.2) is 35.0 Å². The highest BCUT2D eigenvalue weighted by Gasteiger charge is 2.38. The molecule has 0 radical (unpaired) electrons. The van der Waals surface area contributed by atoms with Crippen LogP contribution in [0.25, 0.3) is 0 Å². The van der Waals surface area contributed by atoms with Gasteiger partial charge in [0.2, 0.25) is 0 Å². The molecule has 3 rings (SSSR count). The zero-order valence-electron chi connectivity index (χ0n) is 11.5. The van der Waals surface area contributed by atoms with E-state index >= 15 is 0 Å². The van der Waals surface area contributed by atoms with Gasteiger partial charge in [-0.1, -0.05) is 6.42 Å². The summed E-state index contributed by atoms with van der Waals surface area (Å²) in [5, 5.41) is 0. The molecule has 2 heterocycles. The van der Waals surface area contributed by atoms with Crippen LogP contribution in [0.4, 0.5) is 0 Å². The molecule has 0 N–H and O–H groups in total. The minimum absolute atomic E-state index is 0.836. The van der Waals surface area contributed by atoms with Gasteiger partial charge in [0.15, 0.2) is 0 Å². The van der Waals surface area contributed by atoms with Gasteiger partial charge in [-0.2, -0.15) is 0 Å². The lowest BCUT2D eigenvalue weighted by atomic mass is 9.72. The van der Waals surface area contributed by atoms with Crippen LogP contribution in [0.2, 0.25) is 0 Å². The van der Waals surface area contributed by atoms with Crippen molar-refractivity contribution in [2.24, 2.45) is 17.8 Å². The van der Waals surface area contributed by atoms with Crippen molar-refractivity contribution in [3.8, 4) is 0 Å². The second-order valence-corrected chi connectivity index (χ2v) is 6.19. The first-order valence-electron chi connectivity index (χ1n) is 7.18. The fourth-order valence-corrected chi connectivity index (χ4v) is 3.96. The molecule has 0 amide bonds. The predicted octanol–water partition coefficient (Wildman–Crippen LogP) is 2.31.